The van der Waals surface area contributed by atoms with E-state index in [4.69, 9.17) is 0 Å². The molecule has 0 unspecified atom stereocenters. The maximum atomic E-state index is 12.8. The van der Waals surface area contributed by atoms with Gasteiger partial charge in [0.15, 0.2) is 0 Å². The first kappa shape index (κ1) is 17.1. The van der Waals surface area contributed by atoms with Gasteiger partial charge in [-0.25, -0.2) is 14.8 Å². The van der Waals surface area contributed by atoms with Gasteiger partial charge in [-0.3, -0.25) is 18.7 Å². The van der Waals surface area contributed by atoms with Gasteiger partial charge in [-0.2, -0.15) is 0 Å². The van der Waals surface area contributed by atoms with Crippen molar-refractivity contribution in [3.05, 3.63) is 55.9 Å². The molecule has 1 fully saturated rings. The van der Waals surface area contributed by atoms with E-state index in [1.807, 2.05) is 19.9 Å². The third-order valence-corrected chi connectivity index (χ3v) is 4.59. The first-order chi connectivity index (χ1) is 11.8. The predicted molar refractivity (Wildman–Crippen MR) is 91.7 cm³/mol. The molecule has 25 heavy (non-hydrogen) atoms. The maximum Gasteiger partial charge on any atom is 0.331 e. The lowest BCUT2D eigenvalue weighted by Gasteiger charge is -2.18. The van der Waals surface area contributed by atoms with Gasteiger partial charge < -0.3 is 4.90 Å². The molecule has 0 aromatic carbocycles. The van der Waals surface area contributed by atoms with E-state index in [0.717, 1.165) is 28.2 Å². The lowest BCUT2D eigenvalue weighted by atomic mass is 10.1. The van der Waals surface area contributed by atoms with Gasteiger partial charge in [0, 0.05) is 50.6 Å². The SMILES string of the molecule is Cc1cc(C)nc([C@H]2CCN(C(=O)c3cc(=O)n(C)c(=O)n3C)C2)n1. The van der Waals surface area contributed by atoms with Gasteiger partial charge in [-0.1, -0.05) is 0 Å². The highest BCUT2D eigenvalue weighted by molar-refractivity contribution is 5.92. The molecule has 1 atom stereocenters. The minimum atomic E-state index is -0.510. The molecule has 0 spiro atoms. The fourth-order valence-corrected chi connectivity index (χ4v) is 3.19. The van der Waals surface area contributed by atoms with Crippen LogP contribution in [0.5, 0.6) is 0 Å². The highest BCUT2D eigenvalue weighted by Gasteiger charge is 2.31. The number of hydrogen-bond acceptors (Lipinski definition) is 5. The zero-order chi connectivity index (χ0) is 18.3. The summed E-state index contributed by atoms with van der Waals surface area (Å²) < 4.78 is 2.19. The first-order valence-corrected chi connectivity index (χ1v) is 8.16. The van der Waals surface area contributed by atoms with Crippen LogP contribution in [-0.4, -0.2) is 43.0 Å². The molecule has 8 heteroatoms. The first-order valence-electron chi connectivity index (χ1n) is 8.16. The molecule has 1 saturated heterocycles. The average molecular weight is 343 g/mol. The van der Waals surface area contributed by atoms with Gasteiger partial charge in [0.2, 0.25) is 0 Å². The molecule has 8 nitrogen and oxygen atoms in total. The van der Waals surface area contributed by atoms with Crippen LogP contribution in [0.3, 0.4) is 0 Å². The number of carbonyl (C=O) groups is 1. The second-order valence-electron chi connectivity index (χ2n) is 6.51. The molecule has 1 amide bonds. The molecule has 3 rings (SSSR count). The number of aryl methyl sites for hydroxylation is 2. The van der Waals surface area contributed by atoms with Crippen LogP contribution in [0.25, 0.3) is 0 Å². The highest BCUT2D eigenvalue weighted by atomic mass is 16.2. The summed E-state index contributed by atoms with van der Waals surface area (Å²) in [5.74, 6) is 0.487. The van der Waals surface area contributed by atoms with Crippen molar-refractivity contribution in [1.29, 1.82) is 0 Å². The van der Waals surface area contributed by atoms with Crippen LogP contribution < -0.4 is 11.2 Å². The predicted octanol–water partition coefficient (Wildman–Crippen LogP) is 0.121. The molecule has 1 aliphatic rings. The molecule has 0 aliphatic carbocycles. The van der Waals surface area contributed by atoms with E-state index in [9.17, 15) is 14.4 Å². The van der Waals surface area contributed by atoms with Crippen LogP contribution in [0, 0.1) is 13.8 Å². The lowest BCUT2D eigenvalue weighted by molar-refractivity contribution is 0.0778. The van der Waals surface area contributed by atoms with Gasteiger partial charge >= 0.3 is 5.69 Å². The lowest BCUT2D eigenvalue weighted by Crippen LogP contribution is -2.42. The number of hydrogen-bond donors (Lipinski definition) is 0. The van der Waals surface area contributed by atoms with E-state index in [2.05, 4.69) is 9.97 Å². The Morgan fingerprint density at radius 2 is 1.72 bits per heavy atom. The Morgan fingerprint density at radius 3 is 2.36 bits per heavy atom. The summed E-state index contributed by atoms with van der Waals surface area (Å²) in [5.41, 5.74) is 0.918. The monoisotopic (exact) mass is 343 g/mol. The largest absolute Gasteiger partial charge is 0.337 e. The molecule has 132 valence electrons. The molecule has 3 heterocycles. The van der Waals surface area contributed by atoms with Gasteiger partial charge in [0.1, 0.15) is 11.5 Å². The van der Waals surface area contributed by atoms with Crippen molar-refractivity contribution in [3.63, 3.8) is 0 Å². The Balaban J connectivity index is 1.86. The van der Waals surface area contributed by atoms with E-state index < -0.39 is 11.2 Å². The minimum absolute atomic E-state index is 0.0612. The van der Waals surface area contributed by atoms with E-state index in [1.165, 1.54) is 24.7 Å². The Morgan fingerprint density at radius 1 is 1.08 bits per heavy atom. The summed E-state index contributed by atoms with van der Waals surface area (Å²) in [6.45, 7) is 4.87. The molecule has 0 bridgehead atoms. The van der Waals surface area contributed by atoms with Gasteiger partial charge in [-0.15, -0.1) is 0 Å². The van der Waals surface area contributed by atoms with Crippen molar-refractivity contribution >= 4 is 5.91 Å². The van der Waals surface area contributed by atoms with Crippen LogP contribution >= 0.6 is 0 Å². The molecule has 0 radical (unpaired) electrons. The summed E-state index contributed by atoms with van der Waals surface area (Å²) in [5, 5.41) is 0. The minimum Gasteiger partial charge on any atom is -0.337 e. The Kier molecular flexibility index (Phi) is 4.28. The zero-order valence-corrected chi connectivity index (χ0v) is 14.8. The van der Waals surface area contributed by atoms with Crippen LogP contribution in [0.15, 0.2) is 21.7 Å². The molecular weight excluding hydrogens is 322 g/mol. The number of rotatable bonds is 2. The van der Waals surface area contributed by atoms with E-state index in [-0.39, 0.29) is 17.5 Å². The van der Waals surface area contributed by atoms with Gasteiger partial charge in [0.25, 0.3) is 11.5 Å². The number of amides is 1. The summed E-state index contributed by atoms with van der Waals surface area (Å²) in [6, 6.07) is 3.13. The van der Waals surface area contributed by atoms with Crippen molar-refractivity contribution in [3.8, 4) is 0 Å². The number of carbonyl (C=O) groups excluding carboxylic acids is 1. The average Bonchev–Trinajstić information content (AvgIpc) is 3.05. The Bertz CT molecular complexity index is 939. The number of nitrogens with zero attached hydrogens (tertiary/aromatic N) is 5. The van der Waals surface area contributed by atoms with Crippen molar-refractivity contribution < 1.29 is 4.79 Å². The third kappa shape index (κ3) is 3.11. The highest BCUT2D eigenvalue weighted by Crippen LogP contribution is 2.26. The fourth-order valence-electron chi connectivity index (χ4n) is 3.19. The summed E-state index contributed by atoms with van der Waals surface area (Å²) in [4.78, 5) is 47.3. The number of likely N-dealkylation sites (tertiary alicyclic amines) is 1. The van der Waals surface area contributed by atoms with E-state index in [0.29, 0.717) is 13.1 Å². The Labute approximate surface area is 144 Å². The van der Waals surface area contributed by atoms with E-state index in [1.54, 1.807) is 4.90 Å². The number of aromatic nitrogens is 4. The standard InChI is InChI=1S/C17H21N5O3/c1-10-7-11(2)19-15(18-10)12-5-6-22(9-12)16(24)13-8-14(23)21(4)17(25)20(13)3/h7-8,12H,5-6,9H2,1-4H3/t12-/m0/s1. The Hall–Kier alpha value is -2.77. The summed E-state index contributed by atoms with van der Waals surface area (Å²) in [7, 11) is 2.89. The van der Waals surface area contributed by atoms with Gasteiger partial charge in [0.05, 0.1) is 0 Å². The summed E-state index contributed by atoms with van der Waals surface area (Å²) >= 11 is 0. The second kappa shape index (κ2) is 6.27. The molecule has 2 aromatic heterocycles. The molecular formula is C17H21N5O3. The van der Waals surface area contributed by atoms with Crippen molar-refractivity contribution in [2.24, 2.45) is 14.1 Å². The third-order valence-electron chi connectivity index (χ3n) is 4.59. The smallest absolute Gasteiger partial charge is 0.331 e. The topological polar surface area (TPSA) is 90.1 Å². The van der Waals surface area contributed by atoms with Crippen molar-refractivity contribution in [2.75, 3.05) is 13.1 Å². The molecule has 0 N–H and O–H groups in total. The summed E-state index contributed by atoms with van der Waals surface area (Å²) in [6.07, 6.45) is 0.757. The maximum absolute atomic E-state index is 12.8. The molecule has 0 saturated carbocycles. The van der Waals surface area contributed by atoms with Crippen LogP contribution in [0.1, 0.15) is 40.0 Å². The molecule has 2 aromatic rings. The van der Waals surface area contributed by atoms with Crippen LogP contribution in [0.4, 0.5) is 0 Å². The molecule has 1 aliphatic heterocycles. The normalized spacial score (nSPS) is 17.1. The van der Waals surface area contributed by atoms with Crippen LogP contribution in [-0.2, 0) is 14.1 Å². The quantitative estimate of drug-likeness (QED) is 0.773. The second-order valence-corrected chi connectivity index (χ2v) is 6.51. The van der Waals surface area contributed by atoms with E-state index >= 15 is 0 Å². The van der Waals surface area contributed by atoms with Gasteiger partial charge in [-0.05, 0) is 26.3 Å². The zero-order valence-electron chi connectivity index (χ0n) is 14.8. The van der Waals surface area contributed by atoms with Crippen LogP contribution in [0.2, 0.25) is 0 Å². The van der Waals surface area contributed by atoms with Crippen molar-refractivity contribution in [1.82, 2.24) is 24.0 Å². The fraction of sp³-hybridized carbons (Fsp3) is 0.471. The van der Waals surface area contributed by atoms with Crippen molar-refractivity contribution in [2.45, 2.75) is 26.2 Å².